The van der Waals surface area contributed by atoms with Crippen molar-refractivity contribution < 1.29 is 5.11 Å². The summed E-state index contributed by atoms with van der Waals surface area (Å²) in [5, 5.41) is 14.0. The molecule has 92 valence electrons. The standard InChI is InChI=1S/C14H20N2O/c15-14-9-13(17,7-12(14)8-16-10-14)6-11-4-2-1-3-5-11/h1-5,12,16-17H,6-10,15H2/t12-,13-,14-/m0/s1. The van der Waals surface area contributed by atoms with Gasteiger partial charge in [0.15, 0.2) is 0 Å². The first kappa shape index (κ1) is 11.2. The highest BCUT2D eigenvalue weighted by Gasteiger charge is 2.53. The Kier molecular flexibility index (Phi) is 2.51. The van der Waals surface area contributed by atoms with Crippen molar-refractivity contribution in [3.8, 4) is 0 Å². The van der Waals surface area contributed by atoms with E-state index in [4.69, 9.17) is 5.73 Å². The van der Waals surface area contributed by atoms with Crippen molar-refractivity contribution in [2.45, 2.75) is 30.4 Å². The van der Waals surface area contributed by atoms with E-state index in [0.29, 0.717) is 12.3 Å². The normalized spacial score (nSPS) is 40.5. The molecular weight excluding hydrogens is 212 g/mol. The van der Waals surface area contributed by atoms with E-state index in [1.807, 2.05) is 18.2 Å². The lowest BCUT2D eigenvalue weighted by atomic mass is 9.89. The average Bonchev–Trinajstić information content (AvgIpc) is 2.70. The van der Waals surface area contributed by atoms with Crippen molar-refractivity contribution in [2.24, 2.45) is 11.7 Å². The topological polar surface area (TPSA) is 58.3 Å². The Bertz CT molecular complexity index is 408. The van der Waals surface area contributed by atoms with Crippen LogP contribution < -0.4 is 11.1 Å². The van der Waals surface area contributed by atoms with E-state index in [1.165, 1.54) is 5.56 Å². The molecule has 2 fully saturated rings. The highest BCUT2D eigenvalue weighted by Crippen LogP contribution is 2.44. The summed E-state index contributed by atoms with van der Waals surface area (Å²) in [6.45, 7) is 1.79. The van der Waals surface area contributed by atoms with Crippen molar-refractivity contribution >= 4 is 0 Å². The molecule has 1 aliphatic heterocycles. The highest BCUT2D eigenvalue weighted by molar-refractivity contribution is 5.21. The quantitative estimate of drug-likeness (QED) is 0.702. The van der Waals surface area contributed by atoms with E-state index in [-0.39, 0.29) is 5.54 Å². The molecule has 1 aromatic carbocycles. The number of hydrogen-bond donors (Lipinski definition) is 3. The molecule has 0 radical (unpaired) electrons. The minimum absolute atomic E-state index is 0.191. The molecule has 0 amide bonds. The third-order valence-corrected chi connectivity index (χ3v) is 4.32. The van der Waals surface area contributed by atoms with E-state index in [1.54, 1.807) is 0 Å². The molecule has 1 saturated heterocycles. The van der Waals surface area contributed by atoms with E-state index < -0.39 is 5.60 Å². The van der Waals surface area contributed by atoms with Crippen molar-refractivity contribution in [1.82, 2.24) is 5.32 Å². The van der Waals surface area contributed by atoms with E-state index in [9.17, 15) is 5.11 Å². The fourth-order valence-corrected chi connectivity index (χ4v) is 3.56. The van der Waals surface area contributed by atoms with Gasteiger partial charge in [0.25, 0.3) is 0 Å². The second-order valence-corrected chi connectivity index (χ2v) is 5.83. The molecule has 1 saturated carbocycles. The zero-order valence-corrected chi connectivity index (χ0v) is 10.0. The third kappa shape index (κ3) is 1.99. The number of rotatable bonds is 2. The zero-order chi connectivity index (χ0) is 11.9. The Morgan fingerprint density at radius 3 is 2.82 bits per heavy atom. The fraction of sp³-hybridized carbons (Fsp3) is 0.571. The molecule has 3 nitrogen and oxygen atoms in total. The summed E-state index contributed by atoms with van der Waals surface area (Å²) in [5.41, 5.74) is 6.77. The van der Waals surface area contributed by atoms with Gasteiger partial charge in [-0.15, -0.1) is 0 Å². The van der Waals surface area contributed by atoms with E-state index in [0.717, 1.165) is 25.9 Å². The largest absolute Gasteiger partial charge is 0.389 e. The minimum Gasteiger partial charge on any atom is -0.389 e. The minimum atomic E-state index is -0.608. The molecule has 1 aliphatic carbocycles. The van der Waals surface area contributed by atoms with Crippen molar-refractivity contribution in [3.05, 3.63) is 35.9 Å². The molecule has 0 unspecified atom stereocenters. The number of fused-ring (bicyclic) bond motifs is 1. The van der Waals surface area contributed by atoms with Crippen molar-refractivity contribution in [3.63, 3.8) is 0 Å². The maximum atomic E-state index is 10.7. The van der Waals surface area contributed by atoms with Gasteiger partial charge in [-0.2, -0.15) is 0 Å². The summed E-state index contributed by atoms with van der Waals surface area (Å²) in [4.78, 5) is 0. The number of nitrogens with two attached hydrogens (primary N) is 1. The van der Waals surface area contributed by atoms with Gasteiger partial charge in [-0.3, -0.25) is 0 Å². The lowest BCUT2D eigenvalue weighted by Gasteiger charge is -2.26. The number of benzene rings is 1. The Balaban J connectivity index is 1.76. The van der Waals surface area contributed by atoms with Crippen LogP contribution in [0.25, 0.3) is 0 Å². The smallest absolute Gasteiger partial charge is 0.0709 e. The molecular formula is C14H20N2O. The molecule has 0 bridgehead atoms. The van der Waals surface area contributed by atoms with Gasteiger partial charge >= 0.3 is 0 Å². The van der Waals surface area contributed by atoms with Gasteiger partial charge < -0.3 is 16.2 Å². The van der Waals surface area contributed by atoms with Gasteiger partial charge in [0.1, 0.15) is 0 Å². The third-order valence-electron chi connectivity index (χ3n) is 4.32. The van der Waals surface area contributed by atoms with Crippen LogP contribution in [-0.2, 0) is 6.42 Å². The summed E-state index contributed by atoms with van der Waals surface area (Å²) in [6.07, 6.45) is 2.27. The van der Waals surface area contributed by atoms with Gasteiger partial charge in [0.2, 0.25) is 0 Å². The summed E-state index contributed by atoms with van der Waals surface area (Å²) < 4.78 is 0. The van der Waals surface area contributed by atoms with Crippen LogP contribution in [-0.4, -0.2) is 29.3 Å². The monoisotopic (exact) mass is 232 g/mol. The molecule has 0 spiro atoms. The summed E-state index contributed by atoms with van der Waals surface area (Å²) in [7, 11) is 0. The molecule has 0 aromatic heterocycles. The molecule has 17 heavy (non-hydrogen) atoms. The Morgan fingerprint density at radius 1 is 1.35 bits per heavy atom. The van der Waals surface area contributed by atoms with Crippen LogP contribution in [0.5, 0.6) is 0 Å². The van der Waals surface area contributed by atoms with Crippen molar-refractivity contribution in [1.29, 1.82) is 0 Å². The molecule has 3 heteroatoms. The lowest BCUT2D eigenvalue weighted by molar-refractivity contribution is 0.0385. The Morgan fingerprint density at radius 2 is 2.12 bits per heavy atom. The summed E-state index contributed by atoms with van der Waals surface area (Å²) >= 11 is 0. The first-order valence-electron chi connectivity index (χ1n) is 6.36. The lowest BCUT2D eigenvalue weighted by Crippen LogP contribution is -2.46. The van der Waals surface area contributed by atoms with Crippen LogP contribution in [0, 0.1) is 5.92 Å². The summed E-state index contributed by atoms with van der Waals surface area (Å²) in [5.74, 6) is 0.427. The fourth-order valence-electron chi connectivity index (χ4n) is 3.56. The number of hydrogen-bond acceptors (Lipinski definition) is 3. The SMILES string of the molecule is N[C@@]12CNC[C@@H]1C[C@@](O)(Cc1ccccc1)C2. The Hall–Kier alpha value is -0.900. The molecule has 2 aliphatic rings. The van der Waals surface area contributed by atoms with Crippen molar-refractivity contribution in [2.75, 3.05) is 13.1 Å². The van der Waals surface area contributed by atoms with Gasteiger partial charge in [-0.05, 0) is 30.9 Å². The molecule has 3 atom stereocenters. The predicted molar refractivity (Wildman–Crippen MR) is 67.6 cm³/mol. The van der Waals surface area contributed by atoms with Crippen LogP contribution in [0.1, 0.15) is 18.4 Å². The maximum Gasteiger partial charge on any atom is 0.0709 e. The van der Waals surface area contributed by atoms with Crippen LogP contribution in [0.3, 0.4) is 0 Å². The van der Waals surface area contributed by atoms with Gasteiger partial charge in [-0.25, -0.2) is 0 Å². The summed E-state index contributed by atoms with van der Waals surface area (Å²) in [6, 6.07) is 10.2. The Labute approximate surface area is 102 Å². The first-order valence-corrected chi connectivity index (χ1v) is 6.36. The van der Waals surface area contributed by atoms with E-state index >= 15 is 0 Å². The number of aliphatic hydroxyl groups is 1. The predicted octanol–water partition coefficient (Wildman–Crippen LogP) is 0.671. The molecule has 1 heterocycles. The van der Waals surface area contributed by atoms with E-state index in [2.05, 4.69) is 17.4 Å². The van der Waals surface area contributed by atoms with Gasteiger partial charge in [0, 0.05) is 18.5 Å². The van der Waals surface area contributed by atoms with Gasteiger partial charge in [0.05, 0.1) is 5.60 Å². The highest BCUT2D eigenvalue weighted by atomic mass is 16.3. The van der Waals surface area contributed by atoms with Crippen LogP contribution in [0.2, 0.25) is 0 Å². The molecule has 3 rings (SSSR count). The second kappa shape index (κ2) is 3.80. The average molecular weight is 232 g/mol. The zero-order valence-electron chi connectivity index (χ0n) is 10.0. The number of nitrogens with one attached hydrogen (secondary N) is 1. The molecule has 1 aromatic rings. The first-order chi connectivity index (χ1) is 8.10. The van der Waals surface area contributed by atoms with Crippen LogP contribution >= 0.6 is 0 Å². The van der Waals surface area contributed by atoms with Gasteiger partial charge in [-0.1, -0.05) is 30.3 Å². The second-order valence-electron chi connectivity index (χ2n) is 5.83. The maximum absolute atomic E-state index is 10.7. The van der Waals surface area contributed by atoms with Crippen LogP contribution in [0.4, 0.5) is 0 Å². The van der Waals surface area contributed by atoms with Crippen LogP contribution in [0.15, 0.2) is 30.3 Å². The molecule has 4 N–H and O–H groups in total.